The molecule has 1 aromatic heterocycles. The molecule has 2 fully saturated rings. The Morgan fingerprint density at radius 1 is 1.00 bits per heavy atom. The predicted molar refractivity (Wildman–Crippen MR) is 120 cm³/mol. The van der Waals surface area contributed by atoms with Crippen molar-refractivity contribution in [2.75, 3.05) is 33.3 Å². The van der Waals surface area contributed by atoms with Crippen LogP contribution in [0.25, 0.3) is 22.0 Å². The third-order valence-electron chi connectivity index (χ3n) is 6.33. The maximum atomic E-state index is 13.1. The molecule has 32 heavy (non-hydrogen) atoms. The van der Waals surface area contributed by atoms with Crippen LogP contribution in [-0.4, -0.2) is 70.6 Å². The van der Waals surface area contributed by atoms with Gasteiger partial charge in [0.1, 0.15) is 11.4 Å². The van der Waals surface area contributed by atoms with Crippen LogP contribution in [0.5, 0.6) is 5.75 Å². The van der Waals surface area contributed by atoms with Gasteiger partial charge in [0.05, 0.1) is 12.6 Å². The Morgan fingerprint density at radius 3 is 2.44 bits per heavy atom. The first-order valence-corrected chi connectivity index (χ1v) is 10.8. The van der Waals surface area contributed by atoms with Crippen LogP contribution in [0, 0.1) is 0 Å². The van der Waals surface area contributed by atoms with E-state index in [0.29, 0.717) is 50.3 Å². The summed E-state index contributed by atoms with van der Waals surface area (Å²) >= 11 is 0. The van der Waals surface area contributed by atoms with Gasteiger partial charge in [-0.1, -0.05) is 18.2 Å². The number of ether oxygens (including phenoxy) is 1. The van der Waals surface area contributed by atoms with Gasteiger partial charge in [-0.15, -0.1) is 0 Å². The van der Waals surface area contributed by atoms with Crippen LogP contribution in [0.3, 0.4) is 0 Å². The average Bonchev–Trinajstić information content (AvgIpc) is 3.61. The summed E-state index contributed by atoms with van der Waals surface area (Å²) in [6.45, 7) is 1.76. The number of aromatic nitrogens is 1. The van der Waals surface area contributed by atoms with Gasteiger partial charge in [0.2, 0.25) is 0 Å². The highest BCUT2D eigenvalue weighted by Gasteiger charge is 2.50. The van der Waals surface area contributed by atoms with Gasteiger partial charge in [0.25, 0.3) is 11.8 Å². The minimum atomic E-state index is -1.16. The number of aliphatic hydroxyl groups is 1. The normalized spacial score (nSPS) is 17.3. The maximum absolute atomic E-state index is 13.1. The Balaban J connectivity index is 1.33. The van der Waals surface area contributed by atoms with Crippen LogP contribution >= 0.6 is 0 Å². The molecule has 2 aromatic carbocycles. The van der Waals surface area contributed by atoms with Crippen LogP contribution < -0.4 is 4.74 Å². The maximum Gasteiger partial charge on any atom is 0.254 e. The summed E-state index contributed by atoms with van der Waals surface area (Å²) in [4.78, 5) is 33.3. The highest BCUT2D eigenvalue weighted by molar-refractivity contribution is 5.96. The minimum absolute atomic E-state index is 0.0938. The Kier molecular flexibility index (Phi) is 5.06. The van der Waals surface area contributed by atoms with Crippen molar-refractivity contribution in [2.24, 2.45) is 0 Å². The van der Waals surface area contributed by atoms with Crippen molar-refractivity contribution in [1.82, 2.24) is 14.8 Å². The average molecular weight is 431 g/mol. The van der Waals surface area contributed by atoms with Gasteiger partial charge in [0, 0.05) is 54.5 Å². The van der Waals surface area contributed by atoms with Crippen LogP contribution in [0.4, 0.5) is 0 Å². The second-order valence-electron chi connectivity index (χ2n) is 8.45. The smallest absolute Gasteiger partial charge is 0.254 e. The summed E-state index contributed by atoms with van der Waals surface area (Å²) in [5.74, 6) is 0.307. The first kappa shape index (κ1) is 20.5. The number of piperazine rings is 1. The van der Waals surface area contributed by atoms with Crippen molar-refractivity contribution in [3.63, 3.8) is 0 Å². The fraction of sp³-hybridized carbons (Fsp3) is 0.320. The zero-order valence-corrected chi connectivity index (χ0v) is 18.0. The molecule has 1 N–H and O–H groups in total. The first-order chi connectivity index (χ1) is 15.5. The third-order valence-corrected chi connectivity index (χ3v) is 6.33. The summed E-state index contributed by atoms with van der Waals surface area (Å²) < 4.78 is 5.60. The van der Waals surface area contributed by atoms with Crippen molar-refractivity contribution in [3.8, 4) is 16.9 Å². The molecule has 1 aliphatic carbocycles. The van der Waals surface area contributed by atoms with E-state index in [1.807, 2.05) is 36.5 Å². The Labute approximate surface area is 186 Å². The van der Waals surface area contributed by atoms with Gasteiger partial charge in [-0.25, -0.2) is 0 Å². The molecule has 164 valence electrons. The van der Waals surface area contributed by atoms with Crippen molar-refractivity contribution < 1.29 is 19.4 Å². The van der Waals surface area contributed by atoms with E-state index >= 15 is 0 Å². The van der Waals surface area contributed by atoms with Gasteiger partial charge in [-0.3, -0.25) is 14.6 Å². The third kappa shape index (κ3) is 3.69. The number of rotatable bonds is 4. The van der Waals surface area contributed by atoms with Crippen LogP contribution in [-0.2, 0) is 4.79 Å². The number of amides is 2. The number of hydrogen-bond donors (Lipinski definition) is 1. The standard InChI is InChI=1S/C25H25N3O4/c1-32-22-15-18(6-7-20(22)19-14-17-4-2-3-5-21(17)26-16-19)23(29)27-10-12-28(13-11-27)24(30)25(31)8-9-25/h2-7,14-16,31H,8-13H2,1H3. The van der Waals surface area contributed by atoms with E-state index in [4.69, 9.17) is 4.74 Å². The van der Waals surface area contributed by atoms with Crippen LogP contribution in [0.15, 0.2) is 54.7 Å². The second kappa shape index (κ2) is 7.91. The van der Waals surface area contributed by atoms with Gasteiger partial charge >= 0.3 is 0 Å². The number of benzene rings is 2. The number of pyridine rings is 1. The zero-order valence-electron chi connectivity index (χ0n) is 18.0. The molecule has 3 aromatic rings. The van der Waals surface area contributed by atoms with Crippen molar-refractivity contribution in [1.29, 1.82) is 0 Å². The second-order valence-corrected chi connectivity index (χ2v) is 8.45. The van der Waals surface area contributed by atoms with E-state index in [0.717, 1.165) is 22.0 Å². The molecule has 5 rings (SSSR count). The van der Waals surface area contributed by atoms with Gasteiger partial charge in [-0.2, -0.15) is 0 Å². The molecule has 0 bridgehead atoms. The molecule has 0 atom stereocenters. The molecule has 2 amide bonds. The molecule has 2 aliphatic rings. The molecule has 0 radical (unpaired) electrons. The molecule has 0 spiro atoms. The summed E-state index contributed by atoms with van der Waals surface area (Å²) in [7, 11) is 1.59. The number of hydrogen-bond acceptors (Lipinski definition) is 5. The lowest BCUT2D eigenvalue weighted by Crippen LogP contribution is -2.53. The Hall–Kier alpha value is -3.45. The lowest BCUT2D eigenvalue weighted by Gasteiger charge is -2.35. The number of methoxy groups -OCH3 is 1. The number of para-hydroxylation sites is 1. The molecule has 1 aliphatic heterocycles. The molecule has 2 heterocycles. The molecular weight excluding hydrogens is 406 g/mol. The number of nitrogens with zero attached hydrogens (tertiary/aromatic N) is 3. The van der Waals surface area contributed by atoms with E-state index in [9.17, 15) is 14.7 Å². The van der Waals surface area contributed by atoms with Crippen molar-refractivity contribution in [2.45, 2.75) is 18.4 Å². The summed E-state index contributed by atoms with van der Waals surface area (Å²) in [6, 6.07) is 15.4. The highest BCUT2D eigenvalue weighted by Crippen LogP contribution is 2.37. The van der Waals surface area contributed by atoms with Gasteiger partial charge < -0.3 is 19.6 Å². The summed E-state index contributed by atoms with van der Waals surface area (Å²) in [5.41, 5.74) is 2.10. The molecular formula is C25H25N3O4. The van der Waals surface area contributed by atoms with E-state index in [2.05, 4.69) is 11.1 Å². The quantitative estimate of drug-likeness (QED) is 0.687. The minimum Gasteiger partial charge on any atom is -0.496 e. The zero-order chi connectivity index (χ0) is 22.3. The van der Waals surface area contributed by atoms with E-state index in [1.165, 1.54) is 0 Å². The van der Waals surface area contributed by atoms with Gasteiger partial charge in [0.15, 0.2) is 0 Å². The largest absolute Gasteiger partial charge is 0.496 e. The Morgan fingerprint density at radius 2 is 1.72 bits per heavy atom. The van der Waals surface area contributed by atoms with Crippen molar-refractivity contribution in [3.05, 3.63) is 60.3 Å². The molecule has 1 saturated heterocycles. The van der Waals surface area contributed by atoms with Crippen LogP contribution in [0.1, 0.15) is 23.2 Å². The summed E-state index contributed by atoms with van der Waals surface area (Å²) in [6.07, 6.45) is 2.87. The van der Waals surface area contributed by atoms with Crippen molar-refractivity contribution >= 4 is 22.7 Å². The van der Waals surface area contributed by atoms with Crippen LogP contribution in [0.2, 0.25) is 0 Å². The molecule has 1 saturated carbocycles. The highest BCUT2D eigenvalue weighted by atomic mass is 16.5. The number of carbonyl (C=O) groups excluding carboxylic acids is 2. The SMILES string of the molecule is COc1cc(C(=O)N2CCN(C(=O)C3(O)CC3)CC2)ccc1-c1cnc2ccccc2c1. The van der Waals surface area contributed by atoms with E-state index in [1.54, 1.807) is 29.0 Å². The number of fused-ring (bicyclic) bond motifs is 1. The Bertz CT molecular complexity index is 1200. The van der Waals surface area contributed by atoms with E-state index < -0.39 is 5.60 Å². The predicted octanol–water partition coefficient (Wildman–Crippen LogP) is 2.72. The lowest BCUT2D eigenvalue weighted by molar-refractivity contribution is -0.143. The fourth-order valence-electron chi connectivity index (χ4n) is 4.20. The fourth-order valence-corrected chi connectivity index (χ4v) is 4.20. The molecule has 0 unspecified atom stereocenters. The lowest BCUT2D eigenvalue weighted by atomic mass is 10.0. The first-order valence-electron chi connectivity index (χ1n) is 10.8. The molecule has 7 heteroatoms. The van der Waals surface area contributed by atoms with E-state index in [-0.39, 0.29) is 11.8 Å². The number of carbonyl (C=O) groups is 2. The molecule has 7 nitrogen and oxygen atoms in total. The monoisotopic (exact) mass is 431 g/mol. The summed E-state index contributed by atoms with van der Waals surface area (Å²) in [5, 5.41) is 11.1. The topological polar surface area (TPSA) is 83.0 Å². The van der Waals surface area contributed by atoms with Gasteiger partial charge in [-0.05, 0) is 43.2 Å².